The van der Waals surface area contributed by atoms with Crippen molar-refractivity contribution in [3.8, 4) is 0 Å². The molecule has 1 aromatic heterocycles. The molecule has 0 saturated heterocycles. The predicted molar refractivity (Wildman–Crippen MR) is 36.5 cm³/mol. The zero-order valence-corrected chi connectivity index (χ0v) is 6.39. The molecule has 11 heavy (non-hydrogen) atoms. The van der Waals surface area contributed by atoms with Gasteiger partial charge in [-0.25, -0.2) is 9.67 Å². The Labute approximate surface area is 64.0 Å². The summed E-state index contributed by atoms with van der Waals surface area (Å²) in [5, 5.41) is 3.83. The summed E-state index contributed by atoms with van der Waals surface area (Å²) in [6.45, 7) is 3.83. The van der Waals surface area contributed by atoms with Crippen LogP contribution in [0.2, 0.25) is 0 Å². The Balaban J connectivity index is 2.81. The van der Waals surface area contributed by atoms with Gasteiger partial charge in [-0.05, 0) is 13.8 Å². The highest BCUT2D eigenvalue weighted by Gasteiger charge is 2.21. The van der Waals surface area contributed by atoms with Gasteiger partial charge in [0.05, 0.1) is 0 Å². The Morgan fingerprint density at radius 2 is 2.36 bits per heavy atom. The summed E-state index contributed by atoms with van der Waals surface area (Å²) in [6, 6.07) is 0. The topological polar surface area (TPSA) is 57.0 Å². The Hall–Kier alpha value is -1.39. The molecule has 0 unspecified atom stereocenters. The van der Waals surface area contributed by atoms with Crippen molar-refractivity contribution in [2.75, 3.05) is 0 Å². The molecular formula is C6H9N3O2. The molecule has 5 nitrogen and oxygen atoms in total. The summed E-state index contributed by atoms with van der Waals surface area (Å²) in [7, 11) is 0. The van der Waals surface area contributed by atoms with E-state index in [9.17, 15) is 4.79 Å². The second-order valence-corrected chi connectivity index (χ2v) is 2.50. The first-order chi connectivity index (χ1) is 5.17. The van der Waals surface area contributed by atoms with Crippen molar-refractivity contribution < 1.29 is 9.53 Å². The van der Waals surface area contributed by atoms with E-state index in [2.05, 4.69) is 10.1 Å². The number of hydrogen-bond donors (Lipinski definition) is 0. The number of hydrogen-bond acceptors (Lipinski definition) is 4. The van der Waals surface area contributed by atoms with E-state index in [4.69, 9.17) is 4.74 Å². The number of nitrogens with zero attached hydrogens (tertiary/aromatic N) is 3. The lowest BCUT2D eigenvalue weighted by Gasteiger charge is -2.21. The van der Waals surface area contributed by atoms with E-state index in [1.807, 2.05) is 0 Å². The quantitative estimate of drug-likeness (QED) is 0.583. The van der Waals surface area contributed by atoms with Crippen LogP contribution in [0.3, 0.4) is 0 Å². The van der Waals surface area contributed by atoms with Gasteiger partial charge in [0.15, 0.2) is 0 Å². The molecule has 1 heterocycles. The van der Waals surface area contributed by atoms with Gasteiger partial charge >= 0.3 is 0 Å². The molecule has 0 aromatic carbocycles. The summed E-state index contributed by atoms with van der Waals surface area (Å²) in [5.74, 6) is 0. The fourth-order valence-corrected chi connectivity index (χ4v) is 0.658. The van der Waals surface area contributed by atoms with Crippen LogP contribution in [0, 0.1) is 0 Å². The van der Waals surface area contributed by atoms with Crippen molar-refractivity contribution in [3.63, 3.8) is 0 Å². The van der Waals surface area contributed by atoms with E-state index in [-0.39, 0.29) is 0 Å². The first-order valence-corrected chi connectivity index (χ1v) is 3.13. The molecule has 0 fully saturated rings. The van der Waals surface area contributed by atoms with Gasteiger partial charge in [-0.2, -0.15) is 5.10 Å². The minimum absolute atomic E-state index is 0.391. The van der Waals surface area contributed by atoms with Gasteiger partial charge < -0.3 is 4.74 Å². The molecule has 0 atom stereocenters. The molecule has 1 rings (SSSR count). The molecule has 0 bridgehead atoms. The molecule has 60 valence electrons. The molecule has 0 radical (unpaired) electrons. The first-order valence-electron chi connectivity index (χ1n) is 3.13. The van der Waals surface area contributed by atoms with Crippen LogP contribution in [0.15, 0.2) is 12.7 Å². The van der Waals surface area contributed by atoms with E-state index in [0.717, 1.165) is 0 Å². The number of carbonyl (C=O) groups excluding carboxylic acids is 1. The molecule has 1 aromatic rings. The Morgan fingerprint density at radius 1 is 1.64 bits per heavy atom. The standard InChI is InChI=1S/C6H9N3O2/c1-6(2,11-5-10)9-4-7-3-8-9/h3-5H,1-2H3. The largest absolute Gasteiger partial charge is 0.440 e. The predicted octanol–water partition coefficient (Wildman–Crippen LogP) is 0.144. The molecule has 0 saturated carbocycles. The average molecular weight is 155 g/mol. The van der Waals surface area contributed by atoms with Crippen LogP contribution in [0.5, 0.6) is 0 Å². The molecule has 0 aliphatic carbocycles. The summed E-state index contributed by atoms with van der Waals surface area (Å²) >= 11 is 0. The van der Waals surface area contributed by atoms with Gasteiger partial charge in [0, 0.05) is 0 Å². The molecule has 0 aliphatic rings. The van der Waals surface area contributed by atoms with Gasteiger partial charge in [-0.3, -0.25) is 4.79 Å². The van der Waals surface area contributed by atoms with E-state index in [0.29, 0.717) is 6.47 Å². The van der Waals surface area contributed by atoms with E-state index >= 15 is 0 Å². The fourth-order valence-electron chi connectivity index (χ4n) is 0.658. The molecular weight excluding hydrogens is 146 g/mol. The molecule has 0 aliphatic heterocycles. The second kappa shape index (κ2) is 2.69. The Morgan fingerprint density at radius 3 is 2.82 bits per heavy atom. The van der Waals surface area contributed by atoms with E-state index in [1.54, 1.807) is 13.8 Å². The third-order valence-corrected chi connectivity index (χ3v) is 1.31. The van der Waals surface area contributed by atoms with Crippen molar-refractivity contribution in [1.82, 2.24) is 14.8 Å². The number of rotatable bonds is 3. The van der Waals surface area contributed by atoms with Gasteiger partial charge in [-0.1, -0.05) is 0 Å². The highest BCUT2D eigenvalue weighted by Crippen LogP contribution is 2.12. The van der Waals surface area contributed by atoms with Crippen LogP contribution in [0.4, 0.5) is 0 Å². The minimum atomic E-state index is -0.752. The van der Waals surface area contributed by atoms with Crippen LogP contribution in [0.1, 0.15) is 13.8 Å². The van der Waals surface area contributed by atoms with Crippen LogP contribution < -0.4 is 0 Å². The number of carbonyl (C=O) groups is 1. The maximum Gasteiger partial charge on any atom is 0.295 e. The molecule has 5 heteroatoms. The average Bonchev–Trinajstić information content (AvgIpc) is 2.37. The third-order valence-electron chi connectivity index (χ3n) is 1.31. The fraction of sp³-hybridized carbons (Fsp3) is 0.500. The van der Waals surface area contributed by atoms with Crippen LogP contribution in [-0.4, -0.2) is 21.2 Å². The lowest BCUT2D eigenvalue weighted by Crippen LogP contribution is -2.29. The lowest BCUT2D eigenvalue weighted by atomic mass is 10.3. The van der Waals surface area contributed by atoms with Crippen molar-refractivity contribution >= 4 is 6.47 Å². The lowest BCUT2D eigenvalue weighted by molar-refractivity contribution is -0.151. The van der Waals surface area contributed by atoms with Crippen molar-refractivity contribution in [2.24, 2.45) is 0 Å². The SMILES string of the molecule is CC(C)(OC=O)n1cncn1. The number of ether oxygens (including phenoxy) is 1. The highest BCUT2D eigenvalue weighted by atomic mass is 16.6. The molecule has 0 amide bonds. The molecule has 0 N–H and O–H groups in total. The van der Waals surface area contributed by atoms with Crippen molar-refractivity contribution in [1.29, 1.82) is 0 Å². The summed E-state index contributed by atoms with van der Waals surface area (Å²) in [4.78, 5) is 13.8. The maximum absolute atomic E-state index is 10.0. The smallest absolute Gasteiger partial charge is 0.295 e. The van der Waals surface area contributed by atoms with E-state index in [1.165, 1.54) is 17.3 Å². The van der Waals surface area contributed by atoms with E-state index < -0.39 is 5.72 Å². The Kier molecular flexibility index (Phi) is 1.89. The van der Waals surface area contributed by atoms with Gasteiger partial charge in [0.25, 0.3) is 6.47 Å². The van der Waals surface area contributed by atoms with Gasteiger partial charge in [0.2, 0.25) is 5.72 Å². The zero-order chi connectivity index (χ0) is 8.32. The van der Waals surface area contributed by atoms with Crippen molar-refractivity contribution in [2.45, 2.75) is 19.6 Å². The van der Waals surface area contributed by atoms with Crippen LogP contribution in [-0.2, 0) is 15.3 Å². The van der Waals surface area contributed by atoms with Gasteiger partial charge in [-0.15, -0.1) is 0 Å². The molecule has 0 spiro atoms. The monoisotopic (exact) mass is 155 g/mol. The highest BCUT2D eigenvalue weighted by molar-refractivity contribution is 5.37. The van der Waals surface area contributed by atoms with Crippen LogP contribution in [0.25, 0.3) is 0 Å². The van der Waals surface area contributed by atoms with Crippen LogP contribution >= 0.6 is 0 Å². The first kappa shape index (κ1) is 7.71. The minimum Gasteiger partial charge on any atom is -0.440 e. The summed E-state index contributed by atoms with van der Waals surface area (Å²) in [6.07, 6.45) is 2.87. The van der Waals surface area contributed by atoms with Gasteiger partial charge in [0.1, 0.15) is 12.7 Å². The summed E-state index contributed by atoms with van der Waals surface area (Å²) < 4.78 is 6.21. The Bertz CT molecular complexity index is 230. The number of aromatic nitrogens is 3. The second-order valence-electron chi connectivity index (χ2n) is 2.50. The third kappa shape index (κ3) is 1.54. The van der Waals surface area contributed by atoms with Crippen molar-refractivity contribution in [3.05, 3.63) is 12.7 Å². The zero-order valence-electron chi connectivity index (χ0n) is 6.39. The maximum atomic E-state index is 10.0. The normalized spacial score (nSPS) is 11.1. The summed E-state index contributed by atoms with van der Waals surface area (Å²) in [5.41, 5.74) is -0.752.